The number of aryl methyl sites for hydroxylation is 2. The Hall–Kier alpha value is -2.10. The molecule has 4 nitrogen and oxygen atoms in total. The van der Waals surface area contributed by atoms with Gasteiger partial charge in [0.25, 0.3) is 0 Å². The fourth-order valence-corrected chi connectivity index (χ4v) is 5.35. The molecular formula is C20H22N2O2. The monoisotopic (exact) mass is 322 g/mol. The summed E-state index contributed by atoms with van der Waals surface area (Å²) in [5, 5.41) is 3.29. The standard InChI is InChI=1S/C20H22N2O2/c1-10-3-6-16(11(2)7-10)21-9-22-19(23)17-12-4-5-13(15-8-14(12)15)18(17)20(22)24/h3-7,12-15,17-18,21H,8-9H2,1-2H3/t12-,13-,14-,15-,17+,18+/m1/s1. The summed E-state index contributed by atoms with van der Waals surface area (Å²) >= 11 is 0. The highest BCUT2D eigenvalue weighted by Gasteiger charge is 2.66. The molecule has 4 aliphatic carbocycles. The van der Waals surface area contributed by atoms with Gasteiger partial charge in [-0.1, -0.05) is 29.8 Å². The minimum absolute atomic E-state index is 0.0342. The van der Waals surface area contributed by atoms with Gasteiger partial charge in [-0.2, -0.15) is 0 Å². The van der Waals surface area contributed by atoms with Gasteiger partial charge in [0.15, 0.2) is 0 Å². The number of imide groups is 1. The fourth-order valence-electron chi connectivity index (χ4n) is 5.35. The first-order chi connectivity index (χ1) is 11.6. The van der Waals surface area contributed by atoms with Crippen LogP contribution in [0, 0.1) is 49.4 Å². The number of hydrogen-bond acceptors (Lipinski definition) is 3. The number of allylic oxidation sites excluding steroid dienone is 2. The zero-order valence-corrected chi connectivity index (χ0v) is 14.0. The van der Waals surface area contributed by atoms with E-state index in [1.807, 2.05) is 19.1 Å². The summed E-state index contributed by atoms with van der Waals surface area (Å²) in [7, 11) is 0. The number of likely N-dealkylation sites (tertiary alicyclic amines) is 1. The van der Waals surface area contributed by atoms with Crippen LogP contribution in [0.25, 0.3) is 0 Å². The Morgan fingerprint density at radius 1 is 1.04 bits per heavy atom. The average Bonchev–Trinajstić information content (AvgIpc) is 3.33. The van der Waals surface area contributed by atoms with Crippen molar-refractivity contribution in [2.24, 2.45) is 35.5 Å². The zero-order chi connectivity index (χ0) is 16.6. The highest BCUT2D eigenvalue weighted by atomic mass is 16.2. The van der Waals surface area contributed by atoms with Gasteiger partial charge in [-0.15, -0.1) is 0 Å². The molecule has 5 aliphatic rings. The Bertz CT molecular complexity index is 748. The second kappa shape index (κ2) is 4.71. The molecule has 1 aromatic carbocycles. The van der Waals surface area contributed by atoms with Crippen LogP contribution in [0.5, 0.6) is 0 Å². The van der Waals surface area contributed by atoms with Crippen molar-refractivity contribution < 1.29 is 9.59 Å². The van der Waals surface area contributed by atoms with Crippen molar-refractivity contribution in [1.29, 1.82) is 0 Å². The number of rotatable bonds is 3. The maximum atomic E-state index is 12.9. The number of benzene rings is 1. The first kappa shape index (κ1) is 14.3. The van der Waals surface area contributed by atoms with E-state index >= 15 is 0 Å². The van der Waals surface area contributed by atoms with Crippen molar-refractivity contribution in [2.45, 2.75) is 20.3 Å². The third-order valence-corrected chi connectivity index (χ3v) is 6.56. The normalized spacial score (nSPS) is 38.3. The lowest BCUT2D eigenvalue weighted by Crippen LogP contribution is -2.40. The highest BCUT2D eigenvalue weighted by molar-refractivity contribution is 6.06. The quantitative estimate of drug-likeness (QED) is 0.688. The minimum atomic E-state index is -0.0998. The molecule has 3 fully saturated rings. The van der Waals surface area contributed by atoms with E-state index in [0.29, 0.717) is 23.7 Å². The molecule has 0 unspecified atom stereocenters. The molecule has 2 bridgehead atoms. The topological polar surface area (TPSA) is 49.4 Å². The summed E-state index contributed by atoms with van der Waals surface area (Å²) in [6, 6.07) is 6.16. The average molecular weight is 322 g/mol. The Morgan fingerprint density at radius 2 is 1.67 bits per heavy atom. The number of nitrogens with one attached hydrogen (secondary N) is 1. The van der Waals surface area contributed by atoms with Crippen LogP contribution in [-0.4, -0.2) is 23.4 Å². The summed E-state index contributed by atoms with van der Waals surface area (Å²) in [6.07, 6.45) is 5.63. The van der Waals surface area contributed by atoms with Gasteiger partial charge < -0.3 is 5.32 Å². The van der Waals surface area contributed by atoms with Crippen LogP contribution in [0.1, 0.15) is 17.5 Å². The molecule has 0 radical (unpaired) electrons. The predicted molar refractivity (Wildman–Crippen MR) is 91.0 cm³/mol. The molecule has 6 rings (SSSR count). The Balaban J connectivity index is 1.37. The SMILES string of the molecule is Cc1ccc(NCN2C(=O)[C@H]3[C@@H]4C=C[C@H]([C@H]5C[C@H]45)[C@@H]3C2=O)c(C)c1. The van der Waals surface area contributed by atoms with E-state index < -0.39 is 0 Å². The maximum Gasteiger partial charge on any atom is 0.235 e. The lowest BCUT2D eigenvalue weighted by Gasteiger charge is -2.37. The molecule has 24 heavy (non-hydrogen) atoms. The molecule has 0 spiro atoms. The third kappa shape index (κ3) is 1.80. The van der Waals surface area contributed by atoms with Crippen LogP contribution in [0.2, 0.25) is 0 Å². The van der Waals surface area contributed by atoms with E-state index in [0.717, 1.165) is 11.3 Å². The number of nitrogens with zero attached hydrogens (tertiary/aromatic N) is 1. The molecule has 2 saturated carbocycles. The maximum absolute atomic E-state index is 12.9. The van der Waals surface area contributed by atoms with E-state index in [4.69, 9.17) is 0 Å². The van der Waals surface area contributed by atoms with E-state index in [1.54, 1.807) is 0 Å². The van der Waals surface area contributed by atoms with Crippen LogP contribution < -0.4 is 5.32 Å². The van der Waals surface area contributed by atoms with Gasteiger partial charge in [-0.25, -0.2) is 0 Å². The lowest BCUT2D eigenvalue weighted by atomic mass is 9.63. The van der Waals surface area contributed by atoms with Gasteiger partial charge in [-0.05, 0) is 55.6 Å². The van der Waals surface area contributed by atoms with Gasteiger partial charge in [0.05, 0.1) is 18.5 Å². The van der Waals surface area contributed by atoms with Crippen LogP contribution in [0.15, 0.2) is 30.4 Å². The van der Waals surface area contributed by atoms with Crippen molar-refractivity contribution in [2.75, 3.05) is 12.0 Å². The van der Waals surface area contributed by atoms with Crippen molar-refractivity contribution >= 4 is 17.5 Å². The first-order valence-electron chi connectivity index (χ1n) is 8.91. The molecular weight excluding hydrogens is 300 g/mol. The fraction of sp³-hybridized carbons (Fsp3) is 0.500. The van der Waals surface area contributed by atoms with E-state index in [-0.39, 0.29) is 30.3 Å². The molecule has 1 saturated heterocycles. The van der Waals surface area contributed by atoms with Crippen LogP contribution in [0.3, 0.4) is 0 Å². The third-order valence-electron chi connectivity index (χ3n) is 6.56. The lowest BCUT2D eigenvalue weighted by molar-refractivity contribution is -0.139. The summed E-state index contributed by atoms with van der Waals surface area (Å²) in [5.74, 6) is 1.78. The van der Waals surface area contributed by atoms with Crippen LogP contribution in [0.4, 0.5) is 5.69 Å². The second-order valence-electron chi connectivity index (χ2n) is 7.91. The van der Waals surface area contributed by atoms with Crippen molar-refractivity contribution in [1.82, 2.24) is 4.90 Å². The van der Waals surface area contributed by atoms with Gasteiger partial charge in [0.2, 0.25) is 11.8 Å². The van der Waals surface area contributed by atoms with Crippen LogP contribution >= 0.6 is 0 Å². The van der Waals surface area contributed by atoms with E-state index in [2.05, 4.69) is 30.5 Å². The van der Waals surface area contributed by atoms with Crippen molar-refractivity contribution in [3.63, 3.8) is 0 Å². The Morgan fingerprint density at radius 3 is 2.25 bits per heavy atom. The number of carbonyl (C=O) groups excluding carboxylic acids is 2. The summed E-state index contributed by atoms with van der Waals surface area (Å²) in [6.45, 7) is 4.38. The van der Waals surface area contributed by atoms with E-state index in [9.17, 15) is 9.59 Å². The molecule has 1 heterocycles. The van der Waals surface area contributed by atoms with Crippen LogP contribution in [-0.2, 0) is 9.59 Å². The summed E-state index contributed by atoms with van der Waals surface area (Å²) in [4.78, 5) is 27.3. The first-order valence-corrected chi connectivity index (χ1v) is 8.91. The van der Waals surface area contributed by atoms with E-state index in [1.165, 1.54) is 16.9 Å². The summed E-state index contributed by atoms with van der Waals surface area (Å²) in [5.41, 5.74) is 3.33. The number of anilines is 1. The molecule has 124 valence electrons. The molecule has 6 atom stereocenters. The molecule has 0 aromatic heterocycles. The highest BCUT2D eigenvalue weighted by Crippen LogP contribution is 2.65. The number of hydrogen-bond donors (Lipinski definition) is 1. The van der Waals surface area contributed by atoms with Crippen molar-refractivity contribution in [3.05, 3.63) is 41.5 Å². The molecule has 4 heteroatoms. The number of carbonyl (C=O) groups is 2. The largest absolute Gasteiger partial charge is 0.367 e. The Kier molecular flexibility index (Phi) is 2.80. The molecule has 2 amide bonds. The second-order valence-corrected chi connectivity index (χ2v) is 7.91. The smallest absolute Gasteiger partial charge is 0.235 e. The van der Waals surface area contributed by atoms with Gasteiger partial charge >= 0.3 is 0 Å². The minimum Gasteiger partial charge on any atom is -0.367 e. The molecule has 1 aromatic rings. The molecule has 1 aliphatic heterocycles. The predicted octanol–water partition coefficient (Wildman–Crippen LogP) is 2.73. The Labute approximate surface area is 141 Å². The van der Waals surface area contributed by atoms with Gasteiger partial charge in [0.1, 0.15) is 0 Å². The summed E-state index contributed by atoms with van der Waals surface area (Å²) < 4.78 is 0. The van der Waals surface area contributed by atoms with Gasteiger partial charge in [0, 0.05) is 5.69 Å². The van der Waals surface area contributed by atoms with Crippen molar-refractivity contribution in [3.8, 4) is 0 Å². The zero-order valence-electron chi connectivity index (χ0n) is 14.0. The molecule has 1 N–H and O–H groups in total. The number of amides is 2. The van der Waals surface area contributed by atoms with Gasteiger partial charge in [-0.3, -0.25) is 14.5 Å².